The maximum Gasteiger partial charge on any atom is 0.243 e. The Kier molecular flexibility index (Phi) is 5.65. The SMILES string of the molecule is C#CCOC[C@H]1CCCN(S(=O)(=O)c2ccc(Cl)cc2)C1. The van der Waals surface area contributed by atoms with Crippen LogP contribution < -0.4 is 0 Å². The van der Waals surface area contributed by atoms with Crippen molar-refractivity contribution in [2.45, 2.75) is 17.7 Å². The lowest BCUT2D eigenvalue weighted by atomic mass is 10.0. The van der Waals surface area contributed by atoms with E-state index in [0.29, 0.717) is 24.7 Å². The Bertz CT molecular complexity index is 607. The van der Waals surface area contributed by atoms with Crippen molar-refractivity contribution in [1.82, 2.24) is 4.31 Å². The first-order chi connectivity index (χ1) is 10.0. The molecule has 0 amide bonds. The van der Waals surface area contributed by atoms with Crippen molar-refractivity contribution < 1.29 is 13.2 Å². The van der Waals surface area contributed by atoms with Crippen LogP contribution in [-0.4, -0.2) is 39.0 Å². The average Bonchev–Trinajstić information content (AvgIpc) is 2.48. The molecule has 0 aliphatic carbocycles. The van der Waals surface area contributed by atoms with Gasteiger partial charge in [-0.1, -0.05) is 17.5 Å². The summed E-state index contributed by atoms with van der Waals surface area (Å²) >= 11 is 5.80. The Labute approximate surface area is 131 Å². The van der Waals surface area contributed by atoms with Crippen LogP contribution in [-0.2, 0) is 14.8 Å². The lowest BCUT2D eigenvalue weighted by Crippen LogP contribution is -2.41. The van der Waals surface area contributed by atoms with Crippen molar-refractivity contribution in [3.05, 3.63) is 29.3 Å². The zero-order valence-corrected chi connectivity index (χ0v) is 13.2. The molecule has 4 nitrogen and oxygen atoms in total. The molecule has 1 aromatic carbocycles. The van der Waals surface area contributed by atoms with Gasteiger partial charge in [0.15, 0.2) is 0 Å². The molecular formula is C15H18ClNO3S. The number of sulfonamides is 1. The molecule has 6 heteroatoms. The molecule has 0 spiro atoms. The molecule has 0 bridgehead atoms. The first-order valence-electron chi connectivity index (χ1n) is 6.81. The van der Waals surface area contributed by atoms with Gasteiger partial charge in [0.05, 0.1) is 11.5 Å². The molecule has 0 N–H and O–H groups in total. The second-order valence-electron chi connectivity index (χ2n) is 5.04. The number of hydrogen-bond acceptors (Lipinski definition) is 3. The highest BCUT2D eigenvalue weighted by Gasteiger charge is 2.30. The molecule has 0 aromatic heterocycles. The third-order valence-corrected chi connectivity index (χ3v) is 5.60. The quantitative estimate of drug-likeness (QED) is 0.616. The molecule has 1 atom stereocenters. The number of piperidine rings is 1. The van der Waals surface area contributed by atoms with E-state index in [4.69, 9.17) is 22.8 Å². The summed E-state index contributed by atoms with van der Waals surface area (Å²) in [6.07, 6.45) is 6.92. The van der Waals surface area contributed by atoms with Crippen molar-refractivity contribution in [1.29, 1.82) is 0 Å². The van der Waals surface area contributed by atoms with Gasteiger partial charge in [-0.3, -0.25) is 0 Å². The maximum absolute atomic E-state index is 12.6. The van der Waals surface area contributed by atoms with Gasteiger partial charge in [-0.25, -0.2) is 8.42 Å². The number of ether oxygens (including phenoxy) is 1. The summed E-state index contributed by atoms with van der Waals surface area (Å²) in [5.41, 5.74) is 0. The van der Waals surface area contributed by atoms with Gasteiger partial charge >= 0.3 is 0 Å². The molecule has 21 heavy (non-hydrogen) atoms. The maximum atomic E-state index is 12.6. The Morgan fingerprint density at radius 3 is 2.76 bits per heavy atom. The summed E-state index contributed by atoms with van der Waals surface area (Å²) in [7, 11) is -3.46. The molecule has 1 fully saturated rings. The van der Waals surface area contributed by atoms with Gasteiger partial charge in [0.1, 0.15) is 6.61 Å². The number of terminal acetylenes is 1. The lowest BCUT2D eigenvalue weighted by molar-refractivity contribution is 0.0990. The van der Waals surface area contributed by atoms with E-state index in [9.17, 15) is 8.42 Å². The first kappa shape index (κ1) is 16.3. The Hall–Kier alpha value is -1.06. The Balaban J connectivity index is 2.06. The largest absolute Gasteiger partial charge is 0.368 e. The molecular weight excluding hydrogens is 310 g/mol. The van der Waals surface area contributed by atoms with Gasteiger partial charge in [-0.2, -0.15) is 4.31 Å². The second kappa shape index (κ2) is 7.28. The molecule has 1 heterocycles. The minimum Gasteiger partial charge on any atom is -0.368 e. The van der Waals surface area contributed by atoms with E-state index in [1.54, 1.807) is 12.1 Å². The zero-order valence-electron chi connectivity index (χ0n) is 11.7. The number of benzene rings is 1. The van der Waals surface area contributed by atoms with E-state index in [2.05, 4.69) is 5.92 Å². The molecule has 2 rings (SSSR count). The predicted molar refractivity (Wildman–Crippen MR) is 82.6 cm³/mol. The van der Waals surface area contributed by atoms with Gasteiger partial charge in [0.25, 0.3) is 0 Å². The van der Waals surface area contributed by atoms with E-state index >= 15 is 0 Å². The summed E-state index contributed by atoms with van der Waals surface area (Å²) in [4.78, 5) is 0.275. The van der Waals surface area contributed by atoms with Crippen LogP contribution in [0.4, 0.5) is 0 Å². The fraction of sp³-hybridized carbons (Fsp3) is 0.467. The lowest BCUT2D eigenvalue weighted by Gasteiger charge is -2.31. The second-order valence-corrected chi connectivity index (χ2v) is 7.42. The zero-order chi connectivity index (χ0) is 15.3. The highest BCUT2D eigenvalue weighted by molar-refractivity contribution is 7.89. The highest BCUT2D eigenvalue weighted by atomic mass is 35.5. The van der Waals surface area contributed by atoms with Crippen LogP contribution in [0.3, 0.4) is 0 Å². The predicted octanol–water partition coefficient (Wildman–Crippen LogP) is 2.39. The van der Waals surface area contributed by atoms with Crippen molar-refractivity contribution in [3.8, 4) is 12.3 Å². The Morgan fingerprint density at radius 2 is 2.10 bits per heavy atom. The molecule has 1 aliphatic heterocycles. The van der Waals surface area contributed by atoms with Crippen LogP contribution in [0.5, 0.6) is 0 Å². The number of hydrogen-bond donors (Lipinski definition) is 0. The fourth-order valence-electron chi connectivity index (χ4n) is 2.42. The van der Waals surface area contributed by atoms with Crippen molar-refractivity contribution in [3.63, 3.8) is 0 Å². The normalized spacial score (nSPS) is 20.1. The van der Waals surface area contributed by atoms with E-state index in [-0.39, 0.29) is 17.4 Å². The molecule has 1 aliphatic rings. The molecule has 1 aromatic rings. The van der Waals surface area contributed by atoms with E-state index in [1.807, 2.05) is 0 Å². The minimum absolute atomic E-state index is 0.189. The van der Waals surface area contributed by atoms with Crippen molar-refractivity contribution >= 4 is 21.6 Å². The van der Waals surface area contributed by atoms with Crippen LogP contribution in [0.15, 0.2) is 29.2 Å². The van der Waals surface area contributed by atoms with E-state index in [1.165, 1.54) is 16.4 Å². The molecule has 114 valence electrons. The third kappa shape index (κ3) is 4.21. The van der Waals surface area contributed by atoms with Crippen molar-refractivity contribution in [2.24, 2.45) is 5.92 Å². The summed E-state index contributed by atoms with van der Waals surface area (Å²) in [5.74, 6) is 2.60. The average molecular weight is 328 g/mol. The summed E-state index contributed by atoms with van der Waals surface area (Å²) in [5, 5.41) is 0.521. The van der Waals surface area contributed by atoms with Crippen LogP contribution in [0.25, 0.3) is 0 Å². The van der Waals surface area contributed by atoms with Gasteiger partial charge in [0.2, 0.25) is 10.0 Å². The number of rotatable bonds is 5. The summed E-state index contributed by atoms with van der Waals surface area (Å²) in [6, 6.07) is 6.25. The van der Waals surface area contributed by atoms with Crippen LogP contribution in [0.1, 0.15) is 12.8 Å². The number of halogens is 1. The summed E-state index contributed by atoms with van der Waals surface area (Å²) < 4.78 is 32.0. The van der Waals surface area contributed by atoms with Gasteiger partial charge in [0, 0.05) is 18.1 Å². The van der Waals surface area contributed by atoms with E-state index in [0.717, 1.165) is 12.8 Å². The monoisotopic (exact) mass is 327 g/mol. The molecule has 0 radical (unpaired) electrons. The molecule has 0 unspecified atom stereocenters. The summed E-state index contributed by atoms with van der Waals surface area (Å²) in [6.45, 7) is 1.77. The standard InChI is InChI=1S/C15H18ClNO3S/c1-2-10-20-12-13-4-3-9-17(11-13)21(18,19)15-7-5-14(16)6-8-15/h1,5-8,13H,3-4,9-12H2/t13-/m0/s1. The van der Waals surface area contributed by atoms with Gasteiger partial charge < -0.3 is 4.74 Å². The third-order valence-electron chi connectivity index (χ3n) is 3.47. The minimum atomic E-state index is -3.46. The van der Waals surface area contributed by atoms with Crippen molar-refractivity contribution in [2.75, 3.05) is 26.3 Å². The number of nitrogens with zero attached hydrogens (tertiary/aromatic N) is 1. The van der Waals surface area contributed by atoms with Gasteiger partial charge in [-0.15, -0.1) is 6.42 Å². The Morgan fingerprint density at radius 1 is 1.38 bits per heavy atom. The smallest absolute Gasteiger partial charge is 0.243 e. The van der Waals surface area contributed by atoms with Crippen LogP contribution >= 0.6 is 11.6 Å². The van der Waals surface area contributed by atoms with Crippen LogP contribution in [0, 0.1) is 18.3 Å². The molecule has 1 saturated heterocycles. The van der Waals surface area contributed by atoms with Gasteiger partial charge in [-0.05, 0) is 43.0 Å². The topological polar surface area (TPSA) is 46.6 Å². The van der Waals surface area contributed by atoms with Crippen LogP contribution in [0.2, 0.25) is 5.02 Å². The first-order valence-corrected chi connectivity index (χ1v) is 8.63. The fourth-order valence-corrected chi connectivity index (χ4v) is 4.10. The van der Waals surface area contributed by atoms with E-state index < -0.39 is 10.0 Å². The molecule has 0 saturated carbocycles. The highest BCUT2D eigenvalue weighted by Crippen LogP contribution is 2.24.